The molecule has 1 saturated heterocycles. The maximum atomic E-state index is 10.6. The van der Waals surface area contributed by atoms with E-state index >= 15 is 0 Å². The van der Waals surface area contributed by atoms with E-state index in [0.29, 0.717) is 12.3 Å². The van der Waals surface area contributed by atoms with E-state index < -0.39 is 5.97 Å². The van der Waals surface area contributed by atoms with E-state index in [9.17, 15) is 4.79 Å². The first-order chi connectivity index (χ1) is 7.75. The van der Waals surface area contributed by atoms with Crippen molar-refractivity contribution in [3.8, 4) is 0 Å². The molecule has 0 spiro atoms. The molecule has 16 heavy (non-hydrogen) atoms. The van der Waals surface area contributed by atoms with Gasteiger partial charge in [-0.25, -0.2) is 9.78 Å². The van der Waals surface area contributed by atoms with Crippen molar-refractivity contribution in [2.24, 2.45) is 0 Å². The molecule has 2 rings (SSSR count). The third-order valence-electron chi connectivity index (χ3n) is 2.81. The molecule has 1 aliphatic rings. The molecule has 5 nitrogen and oxygen atoms in total. The van der Waals surface area contributed by atoms with Crippen LogP contribution in [0.1, 0.15) is 42.1 Å². The number of carbonyl (C=O) groups is 1. The third kappa shape index (κ3) is 2.82. The molecule has 0 unspecified atom stereocenters. The molecule has 0 aromatic carbocycles. The van der Waals surface area contributed by atoms with Crippen LogP contribution < -0.4 is 0 Å². The number of hydrogen-bond acceptors (Lipinski definition) is 4. The predicted molar refractivity (Wildman–Crippen MR) is 57.2 cm³/mol. The van der Waals surface area contributed by atoms with Gasteiger partial charge in [-0.05, 0) is 25.9 Å². The summed E-state index contributed by atoms with van der Waals surface area (Å²) in [5.74, 6) is -0.689. The minimum Gasteiger partial charge on any atom is -0.474 e. The predicted octanol–water partition coefficient (Wildman–Crippen LogP) is 1.75. The monoisotopic (exact) mass is 224 g/mol. The molecule has 0 saturated carbocycles. The summed E-state index contributed by atoms with van der Waals surface area (Å²) in [5, 5.41) is 8.68. The summed E-state index contributed by atoms with van der Waals surface area (Å²) in [7, 11) is 0. The van der Waals surface area contributed by atoms with Gasteiger partial charge < -0.3 is 9.52 Å². The highest BCUT2D eigenvalue weighted by Crippen LogP contribution is 2.13. The van der Waals surface area contributed by atoms with E-state index in [-0.39, 0.29) is 5.89 Å². The maximum Gasteiger partial charge on any atom is 0.392 e. The Morgan fingerprint density at radius 1 is 1.38 bits per heavy atom. The number of hydrogen-bond donors (Lipinski definition) is 1. The van der Waals surface area contributed by atoms with Crippen LogP contribution in [-0.4, -0.2) is 34.0 Å². The lowest BCUT2D eigenvalue weighted by atomic mass is 10.2. The molecule has 0 radical (unpaired) electrons. The number of likely N-dealkylation sites (tertiary alicyclic amines) is 1. The van der Waals surface area contributed by atoms with Crippen molar-refractivity contribution in [3.05, 3.63) is 17.8 Å². The smallest absolute Gasteiger partial charge is 0.392 e. The van der Waals surface area contributed by atoms with Gasteiger partial charge in [-0.3, -0.25) is 4.90 Å². The highest BCUT2D eigenvalue weighted by Gasteiger charge is 2.14. The highest BCUT2D eigenvalue weighted by molar-refractivity contribution is 5.81. The minimum atomic E-state index is -1.11. The van der Waals surface area contributed by atoms with Gasteiger partial charge in [0.2, 0.25) is 0 Å². The number of aromatic carboxylic acids is 1. The lowest BCUT2D eigenvalue weighted by Gasteiger charge is -2.17. The standard InChI is InChI=1S/C11H16N2O3/c14-11(15)10-12-7-9(16-10)8-13-5-3-1-2-4-6-13/h7H,1-6,8H2,(H,14,15). The Labute approximate surface area is 94.1 Å². The average molecular weight is 224 g/mol. The van der Waals surface area contributed by atoms with Gasteiger partial charge in [0, 0.05) is 0 Å². The van der Waals surface area contributed by atoms with Crippen molar-refractivity contribution < 1.29 is 14.3 Å². The number of aromatic nitrogens is 1. The zero-order valence-electron chi connectivity index (χ0n) is 9.19. The molecule has 1 fully saturated rings. The minimum absolute atomic E-state index is 0.218. The number of nitrogens with zero attached hydrogens (tertiary/aromatic N) is 2. The number of oxazole rings is 1. The second-order valence-corrected chi connectivity index (χ2v) is 4.13. The van der Waals surface area contributed by atoms with Crippen molar-refractivity contribution in [3.63, 3.8) is 0 Å². The Bertz CT molecular complexity index is 354. The third-order valence-corrected chi connectivity index (χ3v) is 2.81. The van der Waals surface area contributed by atoms with Gasteiger partial charge in [-0.2, -0.15) is 0 Å². The van der Waals surface area contributed by atoms with Crippen molar-refractivity contribution >= 4 is 5.97 Å². The van der Waals surface area contributed by atoms with E-state index in [1.165, 1.54) is 31.9 Å². The second kappa shape index (κ2) is 5.12. The second-order valence-electron chi connectivity index (χ2n) is 4.13. The average Bonchev–Trinajstić information content (AvgIpc) is 2.56. The maximum absolute atomic E-state index is 10.6. The number of rotatable bonds is 3. The highest BCUT2D eigenvalue weighted by atomic mass is 16.4. The first-order valence-corrected chi connectivity index (χ1v) is 5.66. The van der Waals surface area contributed by atoms with Gasteiger partial charge >= 0.3 is 11.9 Å². The molecular formula is C11H16N2O3. The Hall–Kier alpha value is -1.36. The first-order valence-electron chi connectivity index (χ1n) is 5.66. The van der Waals surface area contributed by atoms with Gasteiger partial charge in [0.25, 0.3) is 0 Å². The zero-order valence-corrected chi connectivity index (χ0v) is 9.19. The molecule has 5 heteroatoms. The summed E-state index contributed by atoms with van der Waals surface area (Å²) < 4.78 is 5.14. The normalized spacial score (nSPS) is 18.2. The Morgan fingerprint density at radius 3 is 2.62 bits per heavy atom. The fourth-order valence-corrected chi connectivity index (χ4v) is 1.99. The van der Waals surface area contributed by atoms with Crippen molar-refractivity contribution in [2.75, 3.05) is 13.1 Å². The first kappa shape index (κ1) is 11.1. The molecule has 1 aliphatic heterocycles. The SMILES string of the molecule is O=C(O)c1ncc(CN2CCCCCC2)o1. The van der Waals surface area contributed by atoms with Crippen molar-refractivity contribution in [2.45, 2.75) is 32.2 Å². The van der Waals surface area contributed by atoms with E-state index in [2.05, 4.69) is 9.88 Å². The topological polar surface area (TPSA) is 66.6 Å². The van der Waals surface area contributed by atoms with Crippen molar-refractivity contribution in [1.82, 2.24) is 9.88 Å². The number of carboxylic acids is 1. The molecule has 2 heterocycles. The summed E-state index contributed by atoms with van der Waals surface area (Å²) in [4.78, 5) is 16.6. The summed E-state index contributed by atoms with van der Waals surface area (Å²) in [5.41, 5.74) is 0. The van der Waals surface area contributed by atoms with E-state index in [4.69, 9.17) is 9.52 Å². The zero-order chi connectivity index (χ0) is 11.4. The summed E-state index contributed by atoms with van der Waals surface area (Å²) >= 11 is 0. The van der Waals surface area contributed by atoms with Crippen LogP contribution in [0.5, 0.6) is 0 Å². The molecule has 0 bridgehead atoms. The van der Waals surface area contributed by atoms with Gasteiger partial charge in [0.15, 0.2) is 0 Å². The fraction of sp³-hybridized carbons (Fsp3) is 0.636. The van der Waals surface area contributed by atoms with Crippen molar-refractivity contribution in [1.29, 1.82) is 0 Å². The van der Waals surface area contributed by atoms with Crippen LogP contribution in [-0.2, 0) is 6.54 Å². The molecule has 0 amide bonds. The molecular weight excluding hydrogens is 208 g/mol. The lowest BCUT2D eigenvalue weighted by Crippen LogP contribution is -2.23. The molecule has 1 aromatic rings. The van der Waals surface area contributed by atoms with E-state index in [1.54, 1.807) is 0 Å². The molecule has 88 valence electrons. The van der Waals surface area contributed by atoms with Crippen LogP contribution in [0, 0.1) is 0 Å². The van der Waals surface area contributed by atoms with Gasteiger partial charge in [-0.15, -0.1) is 0 Å². The van der Waals surface area contributed by atoms with E-state index in [0.717, 1.165) is 13.1 Å². The van der Waals surface area contributed by atoms with E-state index in [1.807, 2.05) is 0 Å². The Morgan fingerprint density at radius 2 is 2.06 bits per heavy atom. The summed E-state index contributed by atoms with van der Waals surface area (Å²) in [6.07, 6.45) is 6.49. The van der Waals surface area contributed by atoms with Crippen LogP contribution in [0.15, 0.2) is 10.6 Å². The van der Waals surface area contributed by atoms with Crippen LogP contribution in [0.2, 0.25) is 0 Å². The quantitative estimate of drug-likeness (QED) is 0.847. The molecule has 0 atom stereocenters. The molecule has 1 N–H and O–H groups in total. The summed E-state index contributed by atoms with van der Waals surface area (Å²) in [6, 6.07) is 0. The molecule has 1 aromatic heterocycles. The van der Waals surface area contributed by atoms with Gasteiger partial charge in [0.1, 0.15) is 5.76 Å². The van der Waals surface area contributed by atoms with Crippen LogP contribution in [0.4, 0.5) is 0 Å². The van der Waals surface area contributed by atoms with Crippen LogP contribution in [0.3, 0.4) is 0 Å². The van der Waals surface area contributed by atoms with Crippen LogP contribution >= 0.6 is 0 Å². The van der Waals surface area contributed by atoms with Gasteiger partial charge in [-0.1, -0.05) is 12.8 Å². The largest absolute Gasteiger partial charge is 0.474 e. The fourth-order valence-electron chi connectivity index (χ4n) is 1.99. The number of carboxylic acid groups (broad SMARTS) is 1. The summed E-state index contributed by atoms with van der Waals surface area (Å²) in [6.45, 7) is 2.78. The Kier molecular flexibility index (Phi) is 3.56. The molecule has 0 aliphatic carbocycles. The van der Waals surface area contributed by atoms with Crippen LogP contribution in [0.25, 0.3) is 0 Å². The lowest BCUT2D eigenvalue weighted by molar-refractivity contribution is 0.0649. The van der Waals surface area contributed by atoms with Gasteiger partial charge in [0.05, 0.1) is 12.7 Å². The Balaban J connectivity index is 1.94.